The molecule has 0 spiro atoms. The van der Waals surface area contributed by atoms with Crippen molar-refractivity contribution >= 4 is 35.2 Å². The first kappa shape index (κ1) is 27.2. The van der Waals surface area contributed by atoms with E-state index in [-0.39, 0.29) is 36.0 Å². The van der Waals surface area contributed by atoms with E-state index in [0.29, 0.717) is 11.4 Å². The predicted molar refractivity (Wildman–Crippen MR) is 148 cm³/mol. The second-order valence-corrected chi connectivity index (χ2v) is 10.9. The highest BCUT2D eigenvalue weighted by atomic mass is 35.5. The summed E-state index contributed by atoms with van der Waals surface area (Å²) in [6, 6.07) is 22.6. The van der Waals surface area contributed by atoms with Crippen LogP contribution in [0.25, 0.3) is 0 Å². The number of thioether (sulfide) groups is 1. The number of carbonyl (C=O) groups is 2. The molecule has 7 heteroatoms. The van der Waals surface area contributed by atoms with E-state index in [1.165, 1.54) is 30.3 Å². The zero-order valence-electron chi connectivity index (χ0n) is 20.7. The molecular formula is C30H32ClFN2O2S. The van der Waals surface area contributed by atoms with Gasteiger partial charge in [0.2, 0.25) is 11.8 Å². The second-order valence-electron chi connectivity index (χ2n) is 9.44. The Morgan fingerprint density at radius 3 is 2.27 bits per heavy atom. The lowest BCUT2D eigenvalue weighted by Crippen LogP contribution is -2.53. The summed E-state index contributed by atoms with van der Waals surface area (Å²) >= 11 is 7.41. The molecule has 4 rings (SSSR count). The van der Waals surface area contributed by atoms with Gasteiger partial charge in [-0.25, -0.2) is 4.39 Å². The molecule has 2 amide bonds. The number of amides is 2. The molecule has 4 nitrogen and oxygen atoms in total. The number of carbonyl (C=O) groups excluding carboxylic acids is 2. The molecule has 0 bridgehead atoms. The summed E-state index contributed by atoms with van der Waals surface area (Å²) in [7, 11) is 0. The van der Waals surface area contributed by atoms with Crippen LogP contribution in [0.5, 0.6) is 0 Å². The van der Waals surface area contributed by atoms with Crippen LogP contribution in [-0.4, -0.2) is 34.6 Å². The van der Waals surface area contributed by atoms with Gasteiger partial charge in [-0.05, 0) is 60.4 Å². The normalized spacial score (nSPS) is 14.6. The van der Waals surface area contributed by atoms with E-state index in [1.54, 1.807) is 29.2 Å². The van der Waals surface area contributed by atoms with Gasteiger partial charge in [0.1, 0.15) is 11.9 Å². The highest BCUT2D eigenvalue weighted by Crippen LogP contribution is 2.24. The first-order valence-corrected chi connectivity index (χ1v) is 14.1. The number of hydrogen-bond donors (Lipinski definition) is 1. The Balaban J connectivity index is 1.59. The third kappa shape index (κ3) is 8.34. The van der Waals surface area contributed by atoms with Crippen LogP contribution in [0, 0.1) is 5.82 Å². The lowest BCUT2D eigenvalue weighted by molar-refractivity contribution is -0.139. The molecule has 1 N–H and O–H groups in total. The van der Waals surface area contributed by atoms with Crippen molar-refractivity contribution in [3.63, 3.8) is 0 Å². The third-order valence-electron chi connectivity index (χ3n) is 6.66. The minimum atomic E-state index is -0.687. The van der Waals surface area contributed by atoms with Gasteiger partial charge in [-0.1, -0.05) is 73.3 Å². The van der Waals surface area contributed by atoms with Gasteiger partial charge in [0.25, 0.3) is 0 Å². The molecule has 0 unspecified atom stereocenters. The summed E-state index contributed by atoms with van der Waals surface area (Å²) in [6.07, 6.45) is 5.72. The molecule has 37 heavy (non-hydrogen) atoms. The van der Waals surface area contributed by atoms with Gasteiger partial charge >= 0.3 is 0 Å². The average molecular weight is 539 g/mol. The smallest absolute Gasteiger partial charge is 0.243 e. The van der Waals surface area contributed by atoms with E-state index in [0.717, 1.165) is 41.7 Å². The fourth-order valence-corrected chi connectivity index (χ4v) is 5.55. The summed E-state index contributed by atoms with van der Waals surface area (Å²) in [5, 5.41) is 3.87. The highest BCUT2D eigenvalue weighted by Gasteiger charge is 2.32. The highest BCUT2D eigenvalue weighted by molar-refractivity contribution is 8.00. The molecule has 0 heterocycles. The summed E-state index contributed by atoms with van der Waals surface area (Å²) in [4.78, 5) is 30.0. The first-order chi connectivity index (χ1) is 18.0. The molecule has 0 aliphatic heterocycles. The average Bonchev–Trinajstić information content (AvgIpc) is 2.92. The summed E-state index contributed by atoms with van der Waals surface area (Å²) in [5.41, 5.74) is 1.75. The number of nitrogens with zero attached hydrogens (tertiary/aromatic N) is 1. The Hall–Kier alpha value is -2.83. The zero-order chi connectivity index (χ0) is 26.0. The maximum atomic E-state index is 13.7. The van der Waals surface area contributed by atoms with Gasteiger partial charge in [0.05, 0.1) is 5.75 Å². The largest absolute Gasteiger partial charge is 0.352 e. The van der Waals surface area contributed by atoms with Crippen LogP contribution in [0.2, 0.25) is 5.02 Å². The Labute approximate surface area is 227 Å². The maximum absolute atomic E-state index is 13.7. The van der Waals surface area contributed by atoms with Crippen LogP contribution in [0.1, 0.15) is 43.2 Å². The molecule has 1 atom stereocenters. The molecule has 1 saturated carbocycles. The van der Waals surface area contributed by atoms with Gasteiger partial charge in [-0.3, -0.25) is 9.59 Å². The summed E-state index contributed by atoms with van der Waals surface area (Å²) in [6.45, 7) is 0.218. The van der Waals surface area contributed by atoms with Crippen molar-refractivity contribution in [3.05, 3.63) is 101 Å². The summed E-state index contributed by atoms with van der Waals surface area (Å²) in [5.74, 6) is -0.451. The van der Waals surface area contributed by atoms with Crippen LogP contribution >= 0.6 is 23.4 Å². The summed E-state index contributed by atoms with van der Waals surface area (Å²) < 4.78 is 13.6. The van der Waals surface area contributed by atoms with Crippen molar-refractivity contribution in [1.82, 2.24) is 10.2 Å². The van der Waals surface area contributed by atoms with Crippen LogP contribution < -0.4 is 5.32 Å². The fourth-order valence-electron chi connectivity index (χ4n) is 4.64. The van der Waals surface area contributed by atoms with E-state index in [1.807, 2.05) is 42.5 Å². The van der Waals surface area contributed by atoms with E-state index in [9.17, 15) is 14.0 Å². The van der Waals surface area contributed by atoms with Gasteiger partial charge in [-0.15, -0.1) is 11.8 Å². The molecule has 3 aromatic rings. The molecule has 1 aliphatic rings. The van der Waals surface area contributed by atoms with Gasteiger partial charge < -0.3 is 10.2 Å². The first-order valence-electron chi connectivity index (χ1n) is 12.7. The Bertz CT molecular complexity index is 1150. The molecule has 1 aliphatic carbocycles. The predicted octanol–water partition coefficient (Wildman–Crippen LogP) is 6.66. The van der Waals surface area contributed by atoms with Crippen LogP contribution in [-0.2, 0) is 22.6 Å². The SMILES string of the molecule is O=C(NC1CCCCC1)[C@@H](Cc1ccccc1)N(Cc1ccc(F)cc1)C(=O)CSc1ccc(Cl)cc1. The molecule has 0 aromatic heterocycles. The minimum absolute atomic E-state index is 0.130. The Morgan fingerprint density at radius 2 is 1.59 bits per heavy atom. The molecule has 1 fully saturated rings. The lowest BCUT2D eigenvalue weighted by atomic mass is 9.94. The second kappa shape index (κ2) is 13.6. The standard InChI is InChI=1S/C30H32ClFN2O2S/c31-24-13-17-27(18-14-24)37-21-29(35)34(20-23-11-15-25(32)16-12-23)28(19-22-7-3-1-4-8-22)30(36)33-26-9-5-2-6-10-26/h1,3-4,7-8,11-18,26,28H,2,5-6,9-10,19-21H2,(H,33,36)/t28-/m1/s1. The fraction of sp³-hybridized carbons (Fsp3) is 0.333. The Morgan fingerprint density at radius 1 is 0.919 bits per heavy atom. The minimum Gasteiger partial charge on any atom is -0.352 e. The zero-order valence-corrected chi connectivity index (χ0v) is 22.3. The van der Waals surface area contributed by atoms with Crippen LogP contribution in [0.15, 0.2) is 83.8 Å². The molecule has 3 aromatic carbocycles. The quantitative estimate of drug-likeness (QED) is 0.294. The van der Waals surface area contributed by atoms with E-state index in [4.69, 9.17) is 11.6 Å². The van der Waals surface area contributed by atoms with Gasteiger partial charge in [0, 0.05) is 28.9 Å². The van der Waals surface area contributed by atoms with E-state index >= 15 is 0 Å². The number of nitrogens with one attached hydrogen (secondary N) is 1. The van der Waals surface area contributed by atoms with Crippen molar-refractivity contribution < 1.29 is 14.0 Å². The van der Waals surface area contributed by atoms with Gasteiger partial charge in [0.15, 0.2) is 0 Å². The molecule has 194 valence electrons. The number of halogens is 2. The number of hydrogen-bond acceptors (Lipinski definition) is 3. The maximum Gasteiger partial charge on any atom is 0.243 e. The van der Waals surface area contributed by atoms with Crippen molar-refractivity contribution in [3.8, 4) is 0 Å². The topological polar surface area (TPSA) is 49.4 Å². The van der Waals surface area contributed by atoms with Gasteiger partial charge in [-0.2, -0.15) is 0 Å². The van der Waals surface area contributed by atoms with Crippen molar-refractivity contribution in [1.29, 1.82) is 0 Å². The van der Waals surface area contributed by atoms with Crippen LogP contribution in [0.4, 0.5) is 4.39 Å². The van der Waals surface area contributed by atoms with E-state index in [2.05, 4.69) is 5.32 Å². The number of rotatable bonds is 10. The molecular weight excluding hydrogens is 507 g/mol. The monoisotopic (exact) mass is 538 g/mol. The van der Waals surface area contributed by atoms with Crippen molar-refractivity contribution in [2.45, 2.75) is 62.0 Å². The number of benzene rings is 3. The Kier molecular flexibility index (Phi) is 10.0. The third-order valence-corrected chi connectivity index (χ3v) is 7.91. The van der Waals surface area contributed by atoms with Crippen molar-refractivity contribution in [2.24, 2.45) is 0 Å². The van der Waals surface area contributed by atoms with Crippen molar-refractivity contribution in [2.75, 3.05) is 5.75 Å². The van der Waals surface area contributed by atoms with Crippen LogP contribution in [0.3, 0.4) is 0 Å². The van der Waals surface area contributed by atoms with E-state index < -0.39 is 6.04 Å². The molecule has 0 saturated heterocycles. The molecule has 0 radical (unpaired) electrons. The lowest BCUT2D eigenvalue weighted by Gasteiger charge is -2.33.